The highest BCUT2D eigenvalue weighted by molar-refractivity contribution is 5.69. The number of hydrogen-bond acceptors (Lipinski definition) is 3. The van der Waals surface area contributed by atoms with E-state index >= 15 is 0 Å². The third kappa shape index (κ3) is 15.6. The zero-order valence-electron chi connectivity index (χ0n) is 15.1. The molecular formula is C19H36O4. The van der Waals surface area contributed by atoms with Crippen molar-refractivity contribution in [3.05, 3.63) is 0 Å². The molecule has 0 aromatic heterocycles. The molecule has 0 aliphatic rings. The van der Waals surface area contributed by atoms with Gasteiger partial charge in [0, 0.05) is 12.8 Å². The predicted octanol–water partition coefficient (Wildman–Crippen LogP) is 5.48. The summed E-state index contributed by atoms with van der Waals surface area (Å²) in [5.74, 6) is -0.801. The summed E-state index contributed by atoms with van der Waals surface area (Å²) in [5, 5.41) is 8.61. The van der Waals surface area contributed by atoms with E-state index in [4.69, 9.17) is 9.84 Å². The number of hydrogen-bond donors (Lipinski definition) is 1. The van der Waals surface area contributed by atoms with Gasteiger partial charge >= 0.3 is 11.9 Å². The number of carbonyl (C=O) groups is 2. The molecule has 4 heteroatoms. The Hall–Kier alpha value is -1.06. The molecule has 1 unspecified atom stereocenters. The van der Waals surface area contributed by atoms with Crippen LogP contribution in [0.5, 0.6) is 0 Å². The van der Waals surface area contributed by atoms with Crippen LogP contribution in [-0.2, 0) is 14.3 Å². The van der Waals surface area contributed by atoms with Crippen LogP contribution >= 0.6 is 0 Å². The van der Waals surface area contributed by atoms with Crippen LogP contribution in [0.15, 0.2) is 0 Å². The molecule has 1 atom stereocenters. The molecule has 0 radical (unpaired) electrons. The molecule has 0 saturated carbocycles. The molecule has 0 aromatic carbocycles. The maximum Gasteiger partial charge on any atom is 0.306 e. The van der Waals surface area contributed by atoms with Gasteiger partial charge in [0.25, 0.3) is 0 Å². The Morgan fingerprint density at radius 1 is 0.783 bits per heavy atom. The Kier molecular flexibility index (Phi) is 15.1. The van der Waals surface area contributed by atoms with Crippen LogP contribution in [0.25, 0.3) is 0 Å². The highest BCUT2D eigenvalue weighted by atomic mass is 16.5. The topological polar surface area (TPSA) is 63.6 Å². The number of rotatable bonds is 16. The fraction of sp³-hybridized carbons (Fsp3) is 0.895. The average Bonchev–Trinajstić information content (AvgIpc) is 2.50. The highest BCUT2D eigenvalue weighted by Crippen LogP contribution is 2.15. The molecule has 0 aliphatic carbocycles. The van der Waals surface area contributed by atoms with E-state index in [1.54, 1.807) is 0 Å². The van der Waals surface area contributed by atoms with Crippen molar-refractivity contribution in [2.24, 2.45) is 0 Å². The van der Waals surface area contributed by atoms with E-state index in [1.165, 1.54) is 25.7 Å². The Morgan fingerprint density at radius 3 is 2.04 bits per heavy atom. The van der Waals surface area contributed by atoms with Crippen LogP contribution in [0, 0.1) is 0 Å². The smallest absolute Gasteiger partial charge is 0.306 e. The maximum atomic E-state index is 11.9. The number of aliphatic carboxylic acids is 1. The van der Waals surface area contributed by atoms with Gasteiger partial charge in [0.15, 0.2) is 0 Å². The summed E-state index contributed by atoms with van der Waals surface area (Å²) in [5.41, 5.74) is 0. The summed E-state index contributed by atoms with van der Waals surface area (Å²) in [7, 11) is 0. The molecule has 1 N–H and O–H groups in total. The third-order valence-corrected chi connectivity index (χ3v) is 4.06. The molecular weight excluding hydrogens is 292 g/mol. The SMILES string of the molecule is CCCCCCCCC(=O)OC(CCC)CCCCCC(=O)O. The van der Waals surface area contributed by atoms with E-state index in [2.05, 4.69) is 13.8 Å². The molecule has 0 aromatic rings. The lowest BCUT2D eigenvalue weighted by Gasteiger charge is -2.17. The van der Waals surface area contributed by atoms with Gasteiger partial charge in [0.2, 0.25) is 0 Å². The number of carboxylic acids is 1. The predicted molar refractivity (Wildman–Crippen MR) is 93.5 cm³/mol. The fourth-order valence-electron chi connectivity index (χ4n) is 2.70. The molecule has 136 valence electrons. The third-order valence-electron chi connectivity index (χ3n) is 4.06. The summed E-state index contributed by atoms with van der Waals surface area (Å²) in [4.78, 5) is 22.4. The van der Waals surface area contributed by atoms with Crippen molar-refractivity contribution >= 4 is 11.9 Å². The summed E-state index contributed by atoms with van der Waals surface area (Å²) in [6.07, 6.45) is 13.1. The normalized spacial score (nSPS) is 12.1. The molecule has 0 bridgehead atoms. The lowest BCUT2D eigenvalue weighted by atomic mass is 10.1. The van der Waals surface area contributed by atoms with Gasteiger partial charge in [0.1, 0.15) is 6.10 Å². The van der Waals surface area contributed by atoms with E-state index in [9.17, 15) is 9.59 Å². The second kappa shape index (κ2) is 15.8. The van der Waals surface area contributed by atoms with Gasteiger partial charge in [0.05, 0.1) is 0 Å². The first kappa shape index (κ1) is 21.9. The van der Waals surface area contributed by atoms with E-state index < -0.39 is 5.97 Å². The number of carbonyl (C=O) groups excluding carboxylic acids is 1. The van der Waals surface area contributed by atoms with Gasteiger partial charge in [-0.2, -0.15) is 0 Å². The minimum atomic E-state index is -0.736. The zero-order chi connectivity index (χ0) is 17.3. The molecule has 0 rings (SSSR count). The number of carboxylic acid groups (broad SMARTS) is 1. The van der Waals surface area contributed by atoms with Crippen molar-refractivity contribution in [1.82, 2.24) is 0 Å². The molecule has 0 spiro atoms. The second-order valence-electron chi connectivity index (χ2n) is 6.41. The van der Waals surface area contributed by atoms with Crippen molar-refractivity contribution in [3.63, 3.8) is 0 Å². The van der Waals surface area contributed by atoms with Gasteiger partial charge in [-0.25, -0.2) is 0 Å². The van der Waals surface area contributed by atoms with Gasteiger partial charge in [-0.05, 0) is 32.1 Å². The average molecular weight is 328 g/mol. The lowest BCUT2D eigenvalue weighted by Crippen LogP contribution is -2.18. The van der Waals surface area contributed by atoms with E-state index in [0.29, 0.717) is 12.8 Å². The van der Waals surface area contributed by atoms with Crippen molar-refractivity contribution in [3.8, 4) is 0 Å². The van der Waals surface area contributed by atoms with Crippen LogP contribution < -0.4 is 0 Å². The monoisotopic (exact) mass is 328 g/mol. The number of esters is 1. The van der Waals surface area contributed by atoms with Crippen LogP contribution in [0.1, 0.15) is 104 Å². The van der Waals surface area contributed by atoms with Crippen molar-refractivity contribution in [1.29, 1.82) is 0 Å². The molecule has 4 nitrogen and oxygen atoms in total. The van der Waals surface area contributed by atoms with Crippen molar-refractivity contribution < 1.29 is 19.4 Å². The Labute approximate surface area is 142 Å². The molecule has 0 fully saturated rings. The minimum absolute atomic E-state index is 0.0115. The summed E-state index contributed by atoms with van der Waals surface area (Å²) in [6, 6.07) is 0. The zero-order valence-corrected chi connectivity index (χ0v) is 15.1. The van der Waals surface area contributed by atoms with E-state index in [1.807, 2.05) is 0 Å². The van der Waals surface area contributed by atoms with Gasteiger partial charge in [-0.3, -0.25) is 9.59 Å². The Balaban J connectivity index is 3.74. The largest absolute Gasteiger partial charge is 0.481 e. The second-order valence-corrected chi connectivity index (χ2v) is 6.41. The van der Waals surface area contributed by atoms with Crippen LogP contribution in [-0.4, -0.2) is 23.1 Å². The lowest BCUT2D eigenvalue weighted by molar-refractivity contribution is -0.150. The van der Waals surface area contributed by atoms with Crippen molar-refractivity contribution in [2.45, 2.75) is 110 Å². The quantitative estimate of drug-likeness (QED) is 0.301. The summed E-state index contributed by atoms with van der Waals surface area (Å²) >= 11 is 0. The highest BCUT2D eigenvalue weighted by Gasteiger charge is 2.13. The number of ether oxygens (including phenoxy) is 1. The minimum Gasteiger partial charge on any atom is -0.481 e. The summed E-state index contributed by atoms with van der Waals surface area (Å²) in [6.45, 7) is 4.30. The van der Waals surface area contributed by atoms with Crippen LogP contribution in [0.2, 0.25) is 0 Å². The van der Waals surface area contributed by atoms with Gasteiger partial charge < -0.3 is 9.84 Å². The number of unbranched alkanes of at least 4 members (excludes halogenated alkanes) is 7. The first-order chi connectivity index (χ1) is 11.1. The summed E-state index contributed by atoms with van der Waals surface area (Å²) < 4.78 is 5.59. The fourth-order valence-corrected chi connectivity index (χ4v) is 2.70. The maximum absolute atomic E-state index is 11.9. The molecule has 23 heavy (non-hydrogen) atoms. The van der Waals surface area contributed by atoms with E-state index in [-0.39, 0.29) is 18.5 Å². The Bertz CT molecular complexity index is 302. The van der Waals surface area contributed by atoms with E-state index in [0.717, 1.165) is 44.9 Å². The Morgan fingerprint density at radius 2 is 1.39 bits per heavy atom. The first-order valence-corrected chi connectivity index (χ1v) is 9.51. The molecule has 0 amide bonds. The standard InChI is InChI=1S/C19H36O4/c1-3-5-6-7-8-12-16-19(22)23-17(13-4-2)14-10-9-11-15-18(20)21/h17H,3-16H2,1-2H3,(H,20,21). The van der Waals surface area contributed by atoms with Crippen LogP contribution in [0.4, 0.5) is 0 Å². The first-order valence-electron chi connectivity index (χ1n) is 9.51. The van der Waals surface area contributed by atoms with Crippen LogP contribution in [0.3, 0.4) is 0 Å². The molecule has 0 heterocycles. The molecule has 0 saturated heterocycles. The van der Waals surface area contributed by atoms with Crippen molar-refractivity contribution in [2.75, 3.05) is 0 Å². The molecule has 0 aliphatic heterocycles. The van der Waals surface area contributed by atoms with Gasteiger partial charge in [-0.1, -0.05) is 58.8 Å². The van der Waals surface area contributed by atoms with Gasteiger partial charge in [-0.15, -0.1) is 0 Å².